The standard InChI is InChI=1S/C19H21N3O4/c1-11(2)7-18(23)20-14-5-6-17-16(8-14)22(19(24)10-25-17)9-15-12(3)21-26-13(15)4/h5-8H,9-10H2,1-4H3,(H,20,23). The fourth-order valence-electron chi connectivity index (χ4n) is 2.78. The van der Waals surface area contributed by atoms with E-state index >= 15 is 0 Å². The van der Waals surface area contributed by atoms with Crippen LogP contribution in [0.25, 0.3) is 0 Å². The van der Waals surface area contributed by atoms with Crippen LogP contribution in [0.4, 0.5) is 11.4 Å². The van der Waals surface area contributed by atoms with E-state index in [-0.39, 0.29) is 18.4 Å². The molecule has 1 N–H and O–H groups in total. The van der Waals surface area contributed by atoms with Gasteiger partial charge in [-0.15, -0.1) is 0 Å². The molecule has 26 heavy (non-hydrogen) atoms. The maximum absolute atomic E-state index is 12.4. The summed E-state index contributed by atoms with van der Waals surface area (Å²) < 4.78 is 10.7. The molecule has 0 fully saturated rings. The van der Waals surface area contributed by atoms with E-state index in [1.807, 2.05) is 27.7 Å². The van der Waals surface area contributed by atoms with Crippen LogP contribution in [0.2, 0.25) is 0 Å². The minimum atomic E-state index is -0.217. The molecule has 0 spiro atoms. The number of fused-ring (bicyclic) bond motifs is 1. The van der Waals surface area contributed by atoms with E-state index < -0.39 is 0 Å². The highest BCUT2D eigenvalue weighted by Crippen LogP contribution is 2.36. The minimum absolute atomic E-state index is 0.0279. The van der Waals surface area contributed by atoms with Gasteiger partial charge in [0.25, 0.3) is 5.91 Å². The summed E-state index contributed by atoms with van der Waals surface area (Å²) in [5.41, 5.74) is 3.71. The maximum atomic E-state index is 12.4. The van der Waals surface area contributed by atoms with Crippen LogP contribution in [-0.4, -0.2) is 23.6 Å². The number of anilines is 2. The van der Waals surface area contributed by atoms with Gasteiger partial charge in [0, 0.05) is 17.3 Å². The molecule has 1 aliphatic heterocycles. The Morgan fingerprint density at radius 2 is 2.12 bits per heavy atom. The van der Waals surface area contributed by atoms with Crippen molar-refractivity contribution in [3.8, 4) is 5.75 Å². The molecule has 0 radical (unpaired) electrons. The molecule has 136 valence electrons. The molecule has 3 rings (SSSR count). The highest BCUT2D eigenvalue weighted by atomic mass is 16.5. The summed E-state index contributed by atoms with van der Waals surface area (Å²) in [4.78, 5) is 26.0. The number of benzene rings is 1. The second kappa shape index (κ2) is 7.03. The first-order valence-corrected chi connectivity index (χ1v) is 8.30. The highest BCUT2D eigenvalue weighted by Gasteiger charge is 2.28. The van der Waals surface area contributed by atoms with Gasteiger partial charge in [-0.25, -0.2) is 0 Å². The van der Waals surface area contributed by atoms with Gasteiger partial charge in [-0.05, 0) is 45.9 Å². The van der Waals surface area contributed by atoms with Crippen LogP contribution in [0.15, 0.2) is 34.4 Å². The molecular formula is C19H21N3O4. The second-order valence-corrected chi connectivity index (χ2v) is 6.46. The zero-order valence-electron chi connectivity index (χ0n) is 15.3. The topological polar surface area (TPSA) is 84.7 Å². The van der Waals surface area contributed by atoms with E-state index in [0.29, 0.717) is 29.4 Å². The number of hydrogen-bond acceptors (Lipinski definition) is 5. The number of amides is 2. The Bertz CT molecular complexity index is 875. The lowest BCUT2D eigenvalue weighted by atomic mass is 10.1. The molecule has 0 saturated carbocycles. The molecule has 0 bridgehead atoms. The van der Waals surface area contributed by atoms with Crippen molar-refractivity contribution in [1.29, 1.82) is 0 Å². The van der Waals surface area contributed by atoms with Crippen LogP contribution < -0.4 is 15.0 Å². The molecule has 2 heterocycles. The van der Waals surface area contributed by atoms with Crippen molar-refractivity contribution in [2.24, 2.45) is 0 Å². The number of allylic oxidation sites excluding steroid dienone is 1. The van der Waals surface area contributed by atoms with E-state index in [4.69, 9.17) is 9.26 Å². The largest absolute Gasteiger partial charge is 0.482 e. The average molecular weight is 355 g/mol. The van der Waals surface area contributed by atoms with Crippen molar-refractivity contribution in [1.82, 2.24) is 5.16 Å². The van der Waals surface area contributed by atoms with Crippen molar-refractivity contribution in [2.45, 2.75) is 34.2 Å². The zero-order chi connectivity index (χ0) is 18.8. The number of rotatable bonds is 4. The molecule has 2 amide bonds. The third-order valence-electron chi connectivity index (χ3n) is 4.09. The van der Waals surface area contributed by atoms with Gasteiger partial charge in [0.1, 0.15) is 11.5 Å². The zero-order valence-corrected chi connectivity index (χ0v) is 15.3. The van der Waals surface area contributed by atoms with Gasteiger partial charge in [0.15, 0.2) is 6.61 Å². The van der Waals surface area contributed by atoms with Gasteiger partial charge >= 0.3 is 0 Å². The van der Waals surface area contributed by atoms with E-state index in [9.17, 15) is 9.59 Å². The first kappa shape index (κ1) is 17.7. The minimum Gasteiger partial charge on any atom is -0.482 e. The summed E-state index contributed by atoms with van der Waals surface area (Å²) in [6.07, 6.45) is 1.52. The first-order chi connectivity index (χ1) is 12.3. The van der Waals surface area contributed by atoms with Crippen LogP contribution >= 0.6 is 0 Å². The first-order valence-electron chi connectivity index (χ1n) is 8.30. The molecule has 2 aromatic rings. The van der Waals surface area contributed by atoms with Gasteiger partial charge in [-0.2, -0.15) is 0 Å². The molecule has 7 nitrogen and oxygen atoms in total. The molecule has 1 aromatic heterocycles. The van der Waals surface area contributed by atoms with Crippen LogP contribution in [0, 0.1) is 13.8 Å². The van der Waals surface area contributed by atoms with Crippen LogP contribution in [0.3, 0.4) is 0 Å². The molecule has 7 heteroatoms. The summed E-state index contributed by atoms with van der Waals surface area (Å²) in [6, 6.07) is 5.24. The number of nitrogens with one attached hydrogen (secondary N) is 1. The molecule has 0 atom stereocenters. The number of nitrogens with zero attached hydrogens (tertiary/aromatic N) is 2. The predicted octanol–water partition coefficient (Wildman–Crippen LogP) is 3.12. The van der Waals surface area contributed by atoms with Gasteiger partial charge in [0.05, 0.1) is 17.9 Å². The van der Waals surface area contributed by atoms with Crippen LogP contribution in [0.5, 0.6) is 5.75 Å². The smallest absolute Gasteiger partial charge is 0.265 e. The molecule has 1 aliphatic rings. The van der Waals surface area contributed by atoms with E-state index in [2.05, 4.69) is 10.5 Å². The average Bonchev–Trinajstić information content (AvgIpc) is 2.88. The lowest BCUT2D eigenvalue weighted by molar-refractivity contribution is -0.121. The molecule has 1 aromatic carbocycles. The third kappa shape index (κ3) is 3.61. The molecule has 0 saturated heterocycles. The Morgan fingerprint density at radius 3 is 2.77 bits per heavy atom. The Morgan fingerprint density at radius 1 is 1.35 bits per heavy atom. The van der Waals surface area contributed by atoms with Crippen LogP contribution in [0.1, 0.15) is 30.9 Å². The summed E-state index contributed by atoms with van der Waals surface area (Å²) in [6.45, 7) is 7.67. The predicted molar refractivity (Wildman–Crippen MR) is 97.2 cm³/mol. The second-order valence-electron chi connectivity index (χ2n) is 6.46. The molecular weight excluding hydrogens is 334 g/mol. The third-order valence-corrected chi connectivity index (χ3v) is 4.09. The quantitative estimate of drug-likeness (QED) is 0.852. The van der Waals surface area contributed by atoms with E-state index in [1.54, 1.807) is 23.1 Å². The molecule has 0 aliphatic carbocycles. The van der Waals surface area contributed by atoms with Gasteiger partial charge in [-0.1, -0.05) is 10.7 Å². The normalized spacial score (nSPS) is 13.1. The molecule has 0 unspecified atom stereocenters. The lowest BCUT2D eigenvalue weighted by Gasteiger charge is -2.29. The van der Waals surface area contributed by atoms with Crippen molar-refractivity contribution in [3.05, 3.63) is 46.9 Å². The summed E-state index contributed by atoms with van der Waals surface area (Å²) >= 11 is 0. The number of hydrogen-bond donors (Lipinski definition) is 1. The SMILES string of the molecule is CC(C)=CC(=O)Nc1ccc2c(c1)N(Cc1c(C)noc1C)C(=O)CO2. The van der Waals surface area contributed by atoms with Gasteiger partial charge in [0.2, 0.25) is 5.91 Å². The maximum Gasteiger partial charge on any atom is 0.265 e. The Hall–Kier alpha value is -3.09. The monoisotopic (exact) mass is 355 g/mol. The van der Waals surface area contributed by atoms with Crippen LogP contribution in [-0.2, 0) is 16.1 Å². The van der Waals surface area contributed by atoms with E-state index in [0.717, 1.165) is 16.8 Å². The van der Waals surface area contributed by atoms with Gasteiger partial charge in [-0.3, -0.25) is 9.59 Å². The number of carbonyl (C=O) groups is 2. The lowest BCUT2D eigenvalue weighted by Crippen LogP contribution is -2.38. The van der Waals surface area contributed by atoms with E-state index in [1.165, 1.54) is 6.08 Å². The Balaban J connectivity index is 1.92. The summed E-state index contributed by atoms with van der Waals surface area (Å²) in [5.74, 6) is 0.892. The van der Waals surface area contributed by atoms with Crippen molar-refractivity contribution < 1.29 is 18.8 Å². The fourth-order valence-corrected chi connectivity index (χ4v) is 2.78. The summed E-state index contributed by atoms with van der Waals surface area (Å²) in [7, 11) is 0. The number of aryl methyl sites for hydroxylation is 2. The Labute approximate surface area is 151 Å². The number of carbonyl (C=O) groups excluding carboxylic acids is 2. The number of ether oxygens (including phenoxy) is 1. The van der Waals surface area contributed by atoms with Crippen molar-refractivity contribution in [2.75, 3.05) is 16.8 Å². The van der Waals surface area contributed by atoms with Crippen molar-refractivity contribution >= 4 is 23.2 Å². The van der Waals surface area contributed by atoms with Gasteiger partial charge < -0.3 is 19.5 Å². The fraction of sp³-hybridized carbons (Fsp3) is 0.316. The van der Waals surface area contributed by atoms with Crippen molar-refractivity contribution in [3.63, 3.8) is 0 Å². The Kier molecular flexibility index (Phi) is 4.79. The summed E-state index contributed by atoms with van der Waals surface area (Å²) in [5, 5.41) is 6.74. The highest BCUT2D eigenvalue weighted by molar-refractivity contribution is 6.02. The number of aromatic nitrogens is 1.